The largest absolute Gasteiger partial charge is 0.460 e. The molecule has 0 aromatic heterocycles. The average Bonchev–Trinajstić information content (AvgIpc) is 1.96. The summed E-state index contributed by atoms with van der Waals surface area (Å²) in [5.74, 6) is -24.3. The van der Waals surface area contributed by atoms with Gasteiger partial charge in [-0.05, 0) is 135 Å². The van der Waals surface area contributed by atoms with Gasteiger partial charge in [-0.3, -0.25) is 28.8 Å². The van der Waals surface area contributed by atoms with E-state index in [4.69, 9.17) is 18.9 Å². The number of esters is 8. The molecule has 86 heavy (non-hydrogen) atoms. The van der Waals surface area contributed by atoms with Crippen molar-refractivity contribution in [1.82, 2.24) is 0 Å². The molecule has 11 rings (SSSR count). The SMILES string of the molecule is CC(COC(=O)C(C)(F)F)C(=O)OC12CC3CC(C1)C(=O)C(C3)C2.CC(F)(F)C(=O)OCC(=O)OC1C(=O)C2CCC1C2.CC(F)(F)C(=O)OCC(=O)OC1CCCCC1=O.CC(F)(F)C(=O)OCC(C)(C)C(=O)OC12CC3CC(C1)C(=O)C(C3)C2. The van der Waals surface area contributed by atoms with Crippen LogP contribution in [0.3, 0.4) is 0 Å². The van der Waals surface area contributed by atoms with Gasteiger partial charge in [0.15, 0.2) is 37.0 Å². The van der Waals surface area contributed by atoms with Crippen molar-refractivity contribution in [3.8, 4) is 0 Å². The van der Waals surface area contributed by atoms with Gasteiger partial charge in [0.1, 0.15) is 36.0 Å². The molecule has 0 aromatic rings. The standard InChI is InChI=1S/C18H24F2O5.C17H22F2O5.C12H14F2O5.C11H14F2O5/c1-16(2,9-24-15(23)17(3,19)20)14(22)25-18-6-10-4-11(7-18)13(21)12(5-10)8-18;1-9(8-23-15(22)16(2,18)19)14(21)24-17-5-10-3-11(6-17)13(20)12(4-10)7-17;1-12(13,14)11(17)18-5-8(15)19-10-7-3-2-6(4-7)9(10)16;1-11(12,13)10(16)17-6-9(15)18-8-5-3-2-4-7(8)14/h10-12H,4-9H2,1-3H3;9-12H,3-8H2,1-2H3;6-7,10H,2-5H2,1H3;8H,2-6H2,1H3. The first-order valence-electron chi connectivity index (χ1n) is 28.8. The number of fused-ring (bicyclic) bond motifs is 2. The molecule has 0 aliphatic heterocycles. The highest BCUT2D eigenvalue weighted by molar-refractivity contribution is 5.92. The minimum atomic E-state index is -3.65. The Morgan fingerprint density at radius 3 is 1.35 bits per heavy atom. The van der Waals surface area contributed by atoms with Gasteiger partial charge in [-0.15, -0.1) is 0 Å². The summed E-state index contributed by atoms with van der Waals surface area (Å²) in [6, 6.07) is 0. The molecule has 0 saturated heterocycles. The maximum absolute atomic E-state index is 12.9. The summed E-state index contributed by atoms with van der Waals surface area (Å²) in [6.45, 7) is 3.41. The van der Waals surface area contributed by atoms with Crippen LogP contribution < -0.4 is 0 Å². The van der Waals surface area contributed by atoms with Gasteiger partial charge in [-0.2, -0.15) is 35.1 Å². The zero-order valence-electron chi connectivity index (χ0n) is 48.9. The molecule has 0 spiro atoms. The summed E-state index contributed by atoms with van der Waals surface area (Å²) >= 11 is 0. The summed E-state index contributed by atoms with van der Waals surface area (Å²) in [4.78, 5) is 139. The van der Waals surface area contributed by atoms with E-state index < -0.39 is 133 Å². The molecule has 9 atom stereocenters. The molecular formula is C58H74F8O20. The van der Waals surface area contributed by atoms with Gasteiger partial charge in [0, 0.05) is 69.6 Å². The van der Waals surface area contributed by atoms with Gasteiger partial charge in [0.2, 0.25) is 0 Å². The number of ketones is 4. The normalized spacial score (nSPS) is 30.6. The van der Waals surface area contributed by atoms with E-state index in [0.29, 0.717) is 96.0 Å². The third-order valence-corrected chi connectivity index (χ3v) is 17.2. The molecule has 10 bridgehead atoms. The van der Waals surface area contributed by atoms with Crippen LogP contribution in [0.5, 0.6) is 0 Å². The van der Waals surface area contributed by atoms with E-state index in [2.05, 4.69) is 18.9 Å². The Morgan fingerprint density at radius 2 is 0.919 bits per heavy atom. The maximum atomic E-state index is 12.9. The van der Waals surface area contributed by atoms with Crippen LogP contribution in [0.15, 0.2) is 0 Å². The van der Waals surface area contributed by atoms with E-state index in [-0.39, 0.29) is 47.1 Å². The Labute approximate surface area is 490 Å². The predicted molar refractivity (Wildman–Crippen MR) is 273 cm³/mol. The number of carbonyl (C=O) groups excluding carboxylic acids is 12. The molecule has 482 valence electrons. The summed E-state index contributed by atoms with van der Waals surface area (Å²) in [7, 11) is 0. The van der Waals surface area contributed by atoms with E-state index in [1.807, 2.05) is 0 Å². The van der Waals surface area contributed by atoms with E-state index >= 15 is 0 Å². The number of halogens is 8. The van der Waals surface area contributed by atoms with Crippen LogP contribution in [-0.4, -0.2) is 144 Å². The lowest BCUT2D eigenvalue weighted by Crippen LogP contribution is -2.57. The fourth-order valence-corrected chi connectivity index (χ4v) is 13.2. The third-order valence-electron chi connectivity index (χ3n) is 17.2. The summed E-state index contributed by atoms with van der Waals surface area (Å²) in [5.41, 5.74) is -2.46. The number of hydrogen-bond donors (Lipinski definition) is 0. The van der Waals surface area contributed by atoms with Crippen molar-refractivity contribution < 1.29 is 131 Å². The number of alkyl halides is 8. The minimum absolute atomic E-state index is 0.0176. The molecule has 0 heterocycles. The maximum Gasteiger partial charge on any atom is 0.377 e. The first kappa shape index (κ1) is 69.0. The van der Waals surface area contributed by atoms with Crippen LogP contribution in [0.2, 0.25) is 0 Å². The Kier molecular flexibility index (Phi) is 21.4. The van der Waals surface area contributed by atoms with Crippen LogP contribution in [0.4, 0.5) is 35.1 Å². The van der Waals surface area contributed by atoms with E-state index in [0.717, 1.165) is 64.2 Å². The first-order chi connectivity index (χ1) is 39.6. The quantitative estimate of drug-likeness (QED) is 0.0720. The fraction of sp³-hybridized carbons (Fsp3) is 0.793. The average molecular weight is 1240 g/mol. The number of rotatable bonds is 18. The molecule has 11 aliphatic rings. The second-order valence-corrected chi connectivity index (χ2v) is 25.6. The molecule has 0 amide bonds. The van der Waals surface area contributed by atoms with E-state index in [9.17, 15) is 92.7 Å². The summed E-state index contributed by atoms with van der Waals surface area (Å²) in [6.07, 6.45) is 10.2. The summed E-state index contributed by atoms with van der Waals surface area (Å²) < 4.78 is 140. The lowest BCUT2D eigenvalue weighted by molar-refractivity contribution is -0.201. The van der Waals surface area contributed by atoms with Crippen LogP contribution in [0.1, 0.15) is 158 Å². The number of hydrogen-bond acceptors (Lipinski definition) is 20. The number of carbonyl (C=O) groups is 12. The van der Waals surface area contributed by atoms with Gasteiger partial charge < -0.3 is 37.9 Å². The second-order valence-electron chi connectivity index (χ2n) is 25.6. The molecule has 11 aliphatic carbocycles. The first-order valence-corrected chi connectivity index (χ1v) is 28.8. The second kappa shape index (κ2) is 26.7. The Bertz CT molecular complexity index is 2600. The van der Waals surface area contributed by atoms with Crippen molar-refractivity contribution >= 4 is 70.9 Å². The lowest BCUT2D eigenvalue weighted by atomic mass is 9.53. The number of Topliss-reactive ketones (excluding diaryl/α,β-unsaturated/α-hetero) is 4. The lowest BCUT2D eigenvalue weighted by Gasteiger charge is -2.55. The molecule has 0 N–H and O–H groups in total. The van der Waals surface area contributed by atoms with Crippen molar-refractivity contribution in [2.24, 2.45) is 58.7 Å². The van der Waals surface area contributed by atoms with Crippen LogP contribution in [-0.2, 0) is 95.4 Å². The molecule has 28 heteroatoms. The van der Waals surface area contributed by atoms with Gasteiger partial charge in [0.25, 0.3) is 0 Å². The minimum Gasteiger partial charge on any atom is -0.460 e. The molecule has 20 nitrogen and oxygen atoms in total. The van der Waals surface area contributed by atoms with E-state index in [1.165, 1.54) is 20.8 Å². The fourth-order valence-electron chi connectivity index (χ4n) is 13.2. The van der Waals surface area contributed by atoms with Crippen molar-refractivity contribution in [2.75, 3.05) is 26.4 Å². The van der Waals surface area contributed by atoms with Crippen molar-refractivity contribution in [1.29, 1.82) is 0 Å². The highest BCUT2D eigenvalue weighted by atomic mass is 19.3. The zero-order chi connectivity index (χ0) is 64.3. The van der Waals surface area contributed by atoms with Crippen LogP contribution in [0.25, 0.3) is 0 Å². The predicted octanol–water partition coefficient (Wildman–Crippen LogP) is 7.75. The zero-order valence-corrected chi connectivity index (χ0v) is 48.9. The van der Waals surface area contributed by atoms with Crippen molar-refractivity contribution in [3.05, 3.63) is 0 Å². The monoisotopic (exact) mass is 1240 g/mol. The molecule has 11 fully saturated rings. The van der Waals surface area contributed by atoms with Crippen LogP contribution in [0, 0.1) is 58.7 Å². The molecule has 0 radical (unpaired) electrons. The Morgan fingerprint density at radius 1 is 0.488 bits per heavy atom. The van der Waals surface area contributed by atoms with Crippen LogP contribution >= 0.6 is 0 Å². The molecule has 0 aromatic carbocycles. The number of ether oxygens (including phenoxy) is 8. The van der Waals surface area contributed by atoms with Crippen molar-refractivity contribution in [2.45, 2.75) is 205 Å². The smallest absolute Gasteiger partial charge is 0.377 e. The highest BCUT2D eigenvalue weighted by Crippen LogP contribution is 2.57. The highest BCUT2D eigenvalue weighted by Gasteiger charge is 2.59. The molecular weight excluding hydrogens is 1170 g/mol. The summed E-state index contributed by atoms with van der Waals surface area (Å²) in [5, 5.41) is 0. The molecule has 9 unspecified atom stereocenters. The van der Waals surface area contributed by atoms with Gasteiger partial charge in [-0.1, -0.05) is 0 Å². The van der Waals surface area contributed by atoms with Crippen molar-refractivity contribution in [3.63, 3.8) is 0 Å². The van der Waals surface area contributed by atoms with E-state index in [1.54, 1.807) is 0 Å². The van der Waals surface area contributed by atoms with Gasteiger partial charge in [0.05, 0.1) is 11.3 Å². The Hall–Kier alpha value is -6.12. The van der Waals surface area contributed by atoms with Gasteiger partial charge >= 0.3 is 71.4 Å². The third kappa shape index (κ3) is 17.8. The Balaban J connectivity index is 0.000000185. The topological polar surface area (TPSA) is 279 Å². The van der Waals surface area contributed by atoms with Gasteiger partial charge in [-0.25, -0.2) is 28.8 Å². The molecule has 11 saturated carbocycles.